The van der Waals surface area contributed by atoms with E-state index in [-0.39, 0.29) is 5.38 Å². The standard InChI is InChI=1S/C19H21Cl/c1-13-6-5-7-14(2)18(13)12-16-11-10-15-8-3-4-9-17(15)19(16)20/h3-9,16,19H,10-12H2,1-2H3. The van der Waals surface area contributed by atoms with Gasteiger partial charge in [-0.15, -0.1) is 11.6 Å². The molecule has 2 atom stereocenters. The molecule has 2 aromatic carbocycles. The second kappa shape index (κ2) is 5.61. The van der Waals surface area contributed by atoms with E-state index in [4.69, 9.17) is 11.6 Å². The Balaban J connectivity index is 1.87. The van der Waals surface area contributed by atoms with Gasteiger partial charge in [0.25, 0.3) is 0 Å². The topological polar surface area (TPSA) is 0 Å². The number of hydrogen-bond donors (Lipinski definition) is 0. The highest BCUT2D eigenvalue weighted by molar-refractivity contribution is 6.21. The van der Waals surface area contributed by atoms with Crippen LogP contribution in [-0.4, -0.2) is 0 Å². The number of hydrogen-bond acceptors (Lipinski definition) is 0. The van der Waals surface area contributed by atoms with E-state index < -0.39 is 0 Å². The Morgan fingerprint density at radius 2 is 1.70 bits per heavy atom. The van der Waals surface area contributed by atoms with Crippen LogP contribution < -0.4 is 0 Å². The monoisotopic (exact) mass is 284 g/mol. The van der Waals surface area contributed by atoms with Crippen molar-refractivity contribution in [2.45, 2.75) is 38.5 Å². The first-order chi connectivity index (χ1) is 9.66. The van der Waals surface area contributed by atoms with E-state index in [1.54, 1.807) is 0 Å². The fourth-order valence-corrected chi connectivity index (χ4v) is 3.84. The maximum atomic E-state index is 6.77. The molecule has 2 unspecified atom stereocenters. The SMILES string of the molecule is Cc1cccc(C)c1CC1CCc2ccccc2C1Cl. The summed E-state index contributed by atoms with van der Waals surface area (Å²) >= 11 is 6.77. The predicted octanol–water partition coefficient (Wildman–Crippen LogP) is 5.39. The Kier molecular flexibility index (Phi) is 3.85. The van der Waals surface area contributed by atoms with Crippen molar-refractivity contribution in [3.05, 3.63) is 70.3 Å². The minimum absolute atomic E-state index is 0.152. The van der Waals surface area contributed by atoms with Crippen molar-refractivity contribution in [1.82, 2.24) is 0 Å². The summed E-state index contributed by atoms with van der Waals surface area (Å²) in [6, 6.07) is 15.2. The minimum Gasteiger partial charge on any atom is -0.117 e. The quantitative estimate of drug-likeness (QED) is 0.649. The lowest BCUT2D eigenvalue weighted by Gasteiger charge is -2.30. The van der Waals surface area contributed by atoms with Gasteiger partial charge >= 0.3 is 0 Å². The summed E-state index contributed by atoms with van der Waals surface area (Å²) in [5.41, 5.74) is 7.06. The average molecular weight is 285 g/mol. The number of halogens is 1. The molecule has 0 amide bonds. The Morgan fingerprint density at radius 3 is 2.45 bits per heavy atom. The van der Waals surface area contributed by atoms with Gasteiger partial charge in [0.2, 0.25) is 0 Å². The summed E-state index contributed by atoms with van der Waals surface area (Å²) < 4.78 is 0. The Bertz CT molecular complexity index is 595. The molecule has 0 saturated heterocycles. The van der Waals surface area contributed by atoms with Crippen LogP contribution in [0.3, 0.4) is 0 Å². The zero-order valence-corrected chi connectivity index (χ0v) is 13.0. The van der Waals surface area contributed by atoms with Crippen molar-refractivity contribution >= 4 is 11.6 Å². The van der Waals surface area contributed by atoms with Gasteiger partial charge < -0.3 is 0 Å². The van der Waals surface area contributed by atoms with Crippen molar-refractivity contribution in [3.8, 4) is 0 Å². The van der Waals surface area contributed by atoms with Gasteiger partial charge in [-0.05, 0) is 66.8 Å². The molecule has 1 heteroatoms. The highest BCUT2D eigenvalue weighted by atomic mass is 35.5. The highest BCUT2D eigenvalue weighted by Crippen LogP contribution is 2.41. The van der Waals surface area contributed by atoms with Crippen LogP contribution in [0.15, 0.2) is 42.5 Å². The minimum atomic E-state index is 0.152. The molecule has 0 aromatic heterocycles. The van der Waals surface area contributed by atoms with E-state index in [9.17, 15) is 0 Å². The maximum Gasteiger partial charge on any atom is 0.0619 e. The number of fused-ring (bicyclic) bond motifs is 1. The first-order valence-electron chi connectivity index (χ1n) is 7.44. The third kappa shape index (κ3) is 2.50. The molecule has 0 nitrogen and oxygen atoms in total. The van der Waals surface area contributed by atoms with Gasteiger partial charge in [0.15, 0.2) is 0 Å². The van der Waals surface area contributed by atoms with Gasteiger partial charge in [0.05, 0.1) is 5.38 Å². The summed E-state index contributed by atoms with van der Waals surface area (Å²) in [5, 5.41) is 0.152. The Labute approximate surface area is 126 Å². The second-order valence-electron chi connectivity index (χ2n) is 5.97. The van der Waals surface area contributed by atoms with Crippen molar-refractivity contribution in [1.29, 1.82) is 0 Å². The molecule has 0 fully saturated rings. The number of rotatable bonds is 2. The normalized spacial score (nSPS) is 21.6. The number of benzene rings is 2. The molecule has 1 aliphatic rings. The molecular weight excluding hydrogens is 264 g/mol. The average Bonchev–Trinajstić information content (AvgIpc) is 2.45. The first-order valence-corrected chi connectivity index (χ1v) is 7.87. The van der Waals surface area contributed by atoms with Gasteiger partial charge in [0.1, 0.15) is 0 Å². The Hall–Kier alpha value is -1.27. The molecule has 3 rings (SSSR count). The fourth-order valence-electron chi connectivity index (χ4n) is 3.41. The van der Waals surface area contributed by atoms with Crippen LogP contribution in [0.1, 0.15) is 39.6 Å². The van der Waals surface area contributed by atoms with Crippen LogP contribution in [0.5, 0.6) is 0 Å². The molecule has 20 heavy (non-hydrogen) atoms. The third-order valence-corrected chi connectivity index (χ3v) is 5.25. The molecule has 0 spiro atoms. The van der Waals surface area contributed by atoms with E-state index >= 15 is 0 Å². The molecule has 0 saturated carbocycles. The van der Waals surface area contributed by atoms with Gasteiger partial charge in [-0.3, -0.25) is 0 Å². The summed E-state index contributed by atoms with van der Waals surface area (Å²) in [6.45, 7) is 4.42. The molecule has 2 aromatic rings. The first kappa shape index (κ1) is 13.7. The fraction of sp³-hybridized carbons (Fsp3) is 0.368. The molecular formula is C19H21Cl. The molecule has 1 aliphatic carbocycles. The van der Waals surface area contributed by atoms with Crippen LogP contribution in [0, 0.1) is 19.8 Å². The van der Waals surface area contributed by atoms with Gasteiger partial charge in [0, 0.05) is 0 Å². The van der Waals surface area contributed by atoms with Gasteiger partial charge in [-0.2, -0.15) is 0 Å². The van der Waals surface area contributed by atoms with E-state index in [2.05, 4.69) is 56.3 Å². The molecule has 0 bridgehead atoms. The summed E-state index contributed by atoms with van der Waals surface area (Å²) in [4.78, 5) is 0. The zero-order valence-electron chi connectivity index (χ0n) is 12.2. The number of alkyl halides is 1. The zero-order chi connectivity index (χ0) is 14.1. The molecule has 0 radical (unpaired) electrons. The van der Waals surface area contributed by atoms with Crippen LogP contribution in [0.4, 0.5) is 0 Å². The lowest BCUT2D eigenvalue weighted by Crippen LogP contribution is -2.19. The maximum absolute atomic E-state index is 6.77. The van der Waals surface area contributed by atoms with E-state index in [1.165, 1.54) is 34.2 Å². The largest absolute Gasteiger partial charge is 0.117 e. The van der Waals surface area contributed by atoms with Crippen LogP contribution in [0.25, 0.3) is 0 Å². The molecule has 104 valence electrons. The summed E-state index contributed by atoms with van der Waals surface area (Å²) in [5.74, 6) is 0.548. The highest BCUT2D eigenvalue weighted by Gasteiger charge is 2.28. The third-order valence-electron chi connectivity index (χ3n) is 4.66. The smallest absolute Gasteiger partial charge is 0.0619 e. The summed E-state index contributed by atoms with van der Waals surface area (Å²) in [6.07, 6.45) is 3.45. The second-order valence-corrected chi connectivity index (χ2v) is 6.44. The van der Waals surface area contributed by atoms with Crippen LogP contribution in [-0.2, 0) is 12.8 Å². The van der Waals surface area contributed by atoms with Crippen LogP contribution >= 0.6 is 11.6 Å². The molecule has 0 N–H and O–H groups in total. The lowest BCUT2D eigenvalue weighted by atomic mass is 9.79. The summed E-state index contributed by atoms with van der Waals surface area (Å²) in [7, 11) is 0. The van der Waals surface area contributed by atoms with E-state index in [1.807, 2.05) is 0 Å². The van der Waals surface area contributed by atoms with Gasteiger partial charge in [-0.25, -0.2) is 0 Å². The Morgan fingerprint density at radius 1 is 1.00 bits per heavy atom. The van der Waals surface area contributed by atoms with Gasteiger partial charge in [-0.1, -0.05) is 42.5 Å². The van der Waals surface area contributed by atoms with E-state index in [0.29, 0.717) is 5.92 Å². The molecule has 0 aliphatic heterocycles. The van der Waals surface area contributed by atoms with Crippen LogP contribution in [0.2, 0.25) is 0 Å². The molecule has 0 heterocycles. The van der Waals surface area contributed by atoms with Crippen molar-refractivity contribution < 1.29 is 0 Å². The number of aryl methyl sites for hydroxylation is 3. The van der Waals surface area contributed by atoms with Crippen molar-refractivity contribution in [2.75, 3.05) is 0 Å². The lowest BCUT2D eigenvalue weighted by molar-refractivity contribution is 0.440. The van der Waals surface area contributed by atoms with Crippen molar-refractivity contribution in [2.24, 2.45) is 5.92 Å². The van der Waals surface area contributed by atoms with Crippen molar-refractivity contribution in [3.63, 3.8) is 0 Å². The van der Waals surface area contributed by atoms with E-state index in [0.717, 1.165) is 12.8 Å². The predicted molar refractivity (Wildman–Crippen MR) is 86.5 cm³/mol.